The predicted octanol–water partition coefficient (Wildman–Crippen LogP) is 5.94. The van der Waals surface area contributed by atoms with Gasteiger partial charge in [-0.25, -0.2) is 9.78 Å². The normalized spacial score (nSPS) is 12.4. The molecule has 0 saturated heterocycles. The van der Waals surface area contributed by atoms with E-state index in [1.54, 1.807) is 24.5 Å². The topological polar surface area (TPSA) is 64.1 Å². The van der Waals surface area contributed by atoms with Gasteiger partial charge in [-0.15, -0.1) is 11.3 Å². The minimum Gasteiger partial charge on any atom is -0.440 e. The van der Waals surface area contributed by atoms with Gasteiger partial charge in [0.05, 0.1) is 4.21 Å². The lowest BCUT2D eigenvalue weighted by Crippen LogP contribution is -2.28. The number of hydrogen-bond acceptors (Lipinski definition) is 6. The van der Waals surface area contributed by atoms with E-state index in [-0.39, 0.29) is 5.41 Å². The molecule has 0 radical (unpaired) electrons. The van der Waals surface area contributed by atoms with Crippen LogP contribution in [0.3, 0.4) is 0 Å². The van der Waals surface area contributed by atoms with E-state index in [0.717, 1.165) is 19.5 Å². The van der Waals surface area contributed by atoms with Gasteiger partial charge in [-0.3, -0.25) is 4.98 Å². The summed E-state index contributed by atoms with van der Waals surface area (Å²) in [7, 11) is 1.53. The molecule has 0 fully saturated rings. The zero-order valence-corrected chi connectivity index (χ0v) is 18.2. The van der Waals surface area contributed by atoms with E-state index >= 15 is 0 Å². The second-order valence-corrected chi connectivity index (χ2v) is 9.80. The maximum Gasteiger partial charge on any atom is 0.407 e. The standard InChI is InChI=1S/C21H22FN3O2S2/c1-21(2,3)17(27-20(26)23-4)16-12-15(14-6-5-9-25-18(14)22)19(29-16)28-13-7-10-24-11-8-13/h5-12,17H,1-4H3,(H,23,26). The largest absolute Gasteiger partial charge is 0.440 e. The van der Waals surface area contributed by atoms with Crippen LogP contribution in [-0.2, 0) is 4.74 Å². The lowest BCUT2D eigenvalue weighted by Gasteiger charge is -2.29. The maximum absolute atomic E-state index is 14.5. The van der Waals surface area contributed by atoms with Crippen LogP contribution >= 0.6 is 23.1 Å². The van der Waals surface area contributed by atoms with Gasteiger partial charge >= 0.3 is 6.09 Å². The number of aromatic nitrogens is 2. The summed E-state index contributed by atoms with van der Waals surface area (Å²) in [5.41, 5.74) is 0.798. The van der Waals surface area contributed by atoms with Gasteiger partial charge in [0.15, 0.2) is 0 Å². The summed E-state index contributed by atoms with van der Waals surface area (Å²) in [6.45, 7) is 6.00. The van der Waals surface area contributed by atoms with E-state index in [2.05, 4.69) is 15.3 Å². The second-order valence-electron chi connectivity index (χ2n) is 7.38. The van der Waals surface area contributed by atoms with Gasteiger partial charge in [0.2, 0.25) is 5.95 Å². The molecule has 0 bridgehead atoms. The summed E-state index contributed by atoms with van der Waals surface area (Å²) in [4.78, 5) is 21.6. The van der Waals surface area contributed by atoms with Gasteiger partial charge in [0.25, 0.3) is 0 Å². The molecule has 0 spiro atoms. The van der Waals surface area contributed by atoms with Crippen LogP contribution in [0.2, 0.25) is 0 Å². The Morgan fingerprint density at radius 1 is 1.21 bits per heavy atom. The van der Waals surface area contributed by atoms with Crippen LogP contribution in [0.1, 0.15) is 31.8 Å². The Morgan fingerprint density at radius 3 is 2.55 bits per heavy atom. The van der Waals surface area contributed by atoms with E-state index in [1.165, 1.54) is 36.3 Å². The Labute approximate surface area is 177 Å². The highest BCUT2D eigenvalue weighted by molar-refractivity contribution is 8.01. The lowest BCUT2D eigenvalue weighted by atomic mass is 9.87. The van der Waals surface area contributed by atoms with Gasteiger partial charge in [-0.2, -0.15) is 4.39 Å². The van der Waals surface area contributed by atoms with Crippen molar-refractivity contribution in [2.24, 2.45) is 5.41 Å². The zero-order chi connectivity index (χ0) is 21.0. The molecule has 0 aliphatic heterocycles. The third kappa shape index (κ3) is 5.13. The predicted molar refractivity (Wildman–Crippen MR) is 114 cm³/mol. The molecule has 3 aromatic heterocycles. The summed E-state index contributed by atoms with van der Waals surface area (Å²) in [5.74, 6) is -0.534. The summed E-state index contributed by atoms with van der Waals surface area (Å²) in [6.07, 6.45) is 3.87. The van der Waals surface area contributed by atoms with Crippen molar-refractivity contribution >= 4 is 29.2 Å². The number of carbonyl (C=O) groups is 1. The highest BCUT2D eigenvalue weighted by Crippen LogP contribution is 2.48. The molecule has 0 aliphatic rings. The van der Waals surface area contributed by atoms with Crippen molar-refractivity contribution in [1.29, 1.82) is 0 Å². The Balaban J connectivity index is 2.10. The Bertz CT molecular complexity index is 987. The molecule has 152 valence electrons. The fourth-order valence-corrected chi connectivity index (χ4v) is 5.39. The van der Waals surface area contributed by atoms with Gasteiger partial charge in [-0.05, 0) is 30.3 Å². The fourth-order valence-electron chi connectivity index (χ4n) is 2.71. The van der Waals surface area contributed by atoms with Crippen LogP contribution < -0.4 is 5.32 Å². The number of alkyl carbamates (subject to hydrolysis) is 1. The SMILES string of the molecule is CNC(=O)OC(c1cc(-c2cccnc2F)c(Sc2ccncc2)s1)C(C)(C)C. The minimum absolute atomic E-state index is 0.347. The summed E-state index contributed by atoms with van der Waals surface area (Å²) < 4.78 is 21.0. The molecule has 0 aromatic carbocycles. The molecule has 29 heavy (non-hydrogen) atoms. The molecule has 1 amide bonds. The average Bonchev–Trinajstić information content (AvgIpc) is 3.09. The van der Waals surface area contributed by atoms with E-state index in [0.29, 0.717) is 5.56 Å². The molecule has 8 heteroatoms. The Kier molecular flexibility index (Phi) is 6.54. The van der Waals surface area contributed by atoms with Crippen LogP contribution in [0, 0.1) is 11.4 Å². The zero-order valence-electron chi connectivity index (χ0n) is 16.6. The van der Waals surface area contributed by atoms with E-state index in [9.17, 15) is 9.18 Å². The molecule has 5 nitrogen and oxygen atoms in total. The number of ether oxygens (including phenoxy) is 1. The quantitative estimate of drug-likeness (QED) is 0.507. The van der Waals surface area contributed by atoms with Crippen LogP contribution in [0.4, 0.5) is 9.18 Å². The van der Waals surface area contributed by atoms with Crippen molar-refractivity contribution in [3.05, 3.63) is 59.7 Å². The number of halogens is 1. The lowest BCUT2D eigenvalue weighted by molar-refractivity contribution is 0.0338. The van der Waals surface area contributed by atoms with Crippen LogP contribution in [-0.4, -0.2) is 23.1 Å². The average molecular weight is 432 g/mol. The summed E-state index contributed by atoms with van der Waals surface area (Å²) >= 11 is 3.01. The van der Waals surface area contributed by atoms with E-state index < -0.39 is 18.1 Å². The third-order valence-electron chi connectivity index (χ3n) is 4.10. The molecule has 0 saturated carbocycles. The van der Waals surface area contributed by atoms with Crippen molar-refractivity contribution in [2.45, 2.75) is 36.0 Å². The molecular weight excluding hydrogens is 409 g/mol. The number of carbonyl (C=O) groups excluding carboxylic acids is 1. The Morgan fingerprint density at radius 2 is 1.93 bits per heavy atom. The monoisotopic (exact) mass is 431 g/mol. The van der Waals surface area contributed by atoms with Crippen molar-refractivity contribution in [3.63, 3.8) is 0 Å². The summed E-state index contributed by atoms with van der Waals surface area (Å²) in [5, 5.41) is 2.50. The molecule has 3 rings (SSSR count). The number of thiophene rings is 1. The van der Waals surface area contributed by atoms with Crippen LogP contribution in [0.5, 0.6) is 0 Å². The number of amides is 1. The molecule has 3 aromatic rings. The minimum atomic E-state index is -0.534. The first-order chi connectivity index (χ1) is 13.8. The number of pyridine rings is 2. The molecular formula is C21H22FN3O2S2. The smallest absolute Gasteiger partial charge is 0.407 e. The first-order valence-corrected chi connectivity index (χ1v) is 10.6. The first-order valence-electron chi connectivity index (χ1n) is 9.00. The van der Waals surface area contributed by atoms with Crippen LogP contribution in [0.25, 0.3) is 11.1 Å². The summed E-state index contributed by atoms with van der Waals surface area (Å²) in [6, 6.07) is 9.11. The van der Waals surface area contributed by atoms with Crippen molar-refractivity contribution in [3.8, 4) is 11.1 Å². The highest BCUT2D eigenvalue weighted by atomic mass is 32.2. The number of rotatable bonds is 5. The van der Waals surface area contributed by atoms with Gasteiger partial charge in [-0.1, -0.05) is 32.5 Å². The first kappa shape index (κ1) is 21.3. The third-order valence-corrected chi connectivity index (χ3v) is 6.49. The van der Waals surface area contributed by atoms with Gasteiger partial charge < -0.3 is 10.1 Å². The van der Waals surface area contributed by atoms with E-state index in [1.807, 2.05) is 39.0 Å². The van der Waals surface area contributed by atoms with Crippen molar-refractivity contribution in [2.75, 3.05) is 7.05 Å². The molecule has 1 unspecified atom stereocenters. The Hall–Kier alpha value is -2.45. The molecule has 3 heterocycles. The van der Waals surface area contributed by atoms with Gasteiger partial charge in [0.1, 0.15) is 6.10 Å². The molecule has 0 aliphatic carbocycles. The second kappa shape index (κ2) is 8.92. The molecule has 1 atom stereocenters. The highest BCUT2D eigenvalue weighted by Gasteiger charge is 2.33. The maximum atomic E-state index is 14.5. The van der Waals surface area contributed by atoms with Crippen molar-refractivity contribution in [1.82, 2.24) is 15.3 Å². The number of hydrogen-bond donors (Lipinski definition) is 1. The molecule has 1 N–H and O–H groups in total. The number of nitrogens with zero attached hydrogens (tertiary/aromatic N) is 2. The van der Waals surface area contributed by atoms with E-state index in [4.69, 9.17) is 4.74 Å². The fraction of sp³-hybridized carbons (Fsp3) is 0.286. The number of nitrogens with one attached hydrogen (secondary N) is 1. The van der Waals surface area contributed by atoms with Crippen molar-refractivity contribution < 1.29 is 13.9 Å². The van der Waals surface area contributed by atoms with Crippen LogP contribution in [0.15, 0.2) is 58.0 Å². The van der Waals surface area contributed by atoms with Gasteiger partial charge in [0, 0.05) is 52.0 Å².